The topological polar surface area (TPSA) is 139 Å². The summed E-state index contributed by atoms with van der Waals surface area (Å²) in [5.41, 5.74) is 0.294. The lowest BCUT2D eigenvalue weighted by Gasteiger charge is -2.43. The molecule has 10 nitrogen and oxygen atoms in total. The van der Waals surface area contributed by atoms with Crippen LogP contribution in [0, 0.1) is 11.3 Å². The lowest BCUT2D eigenvalue weighted by Crippen LogP contribution is -2.55. The smallest absolute Gasteiger partial charge is 0.147 e. The molecule has 162 valence electrons. The minimum Gasteiger partial charge on any atom is -0.394 e. The van der Waals surface area contributed by atoms with E-state index in [9.17, 15) is 10.2 Å². The van der Waals surface area contributed by atoms with E-state index in [0.29, 0.717) is 26.3 Å². The van der Waals surface area contributed by atoms with Crippen LogP contribution in [0.4, 0.5) is 0 Å². The molecule has 4 heterocycles. The van der Waals surface area contributed by atoms with E-state index in [0.717, 1.165) is 0 Å². The zero-order valence-corrected chi connectivity index (χ0v) is 18.5. The van der Waals surface area contributed by atoms with E-state index in [1.165, 1.54) is 41.1 Å². The number of aliphatic hydroxyl groups excluding tert-OH is 2. The highest BCUT2D eigenvalue weighted by Crippen LogP contribution is 2.39. The Kier molecular flexibility index (Phi) is 6.83. The van der Waals surface area contributed by atoms with Gasteiger partial charge in [-0.25, -0.2) is 9.67 Å². The van der Waals surface area contributed by atoms with Crippen LogP contribution in [-0.2, 0) is 9.47 Å². The largest absolute Gasteiger partial charge is 0.394 e. The van der Waals surface area contributed by atoms with Crippen molar-refractivity contribution in [1.82, 2.24) is 25.0 Å². The average Bonchev–Trinajstić information content (AvgIpc) is 3.43. The van der Waals surface area contributed by atoms with E-state index in [1.54, 1.807) is 23.8 Å². The van der Waals surface area contributed by atoms with Crippen LogP contribution in [0.2, 0.25) is 5.15 Å². The van der Waals surface area contributed by atoms with Crippen LogP contribution in [0.25, 0.3) is 10.7 Å². The summed E-state index contributed by atoms with van der Waals surface area (Å²) in [4.78, 5) is 8.94. The number of pyridine rings is 1. The zero-order chi connectivity index (χ0) is 22.0. The van der Waals surface area contributed by atoms with Crippen molar-refractivity contribution in [2.75, 3.05) is 13.7 Å². The first-order valence-corrected chi connectivity index (χ1v) is 11.2. The summed E-state index contributed by atoms with van der Waals surface area (Å²) in [7, 11) is 1.50. The SMILES string of the molecule is COC1[C@@H](Sc2cncc(C#N)c2)OC(CO)[C@H](O)[C@@H]1n1cc(-c2nc(Cl)cs2)nn1. The third-order valence-corrected chi connectivity index (χ3v) is 7.00. The van der Waals surface area contributed by atoms with Gasteiger partial charge in [-0.1, -0.05) is 28.6 Å². The molecule has 0 bridgehead atoms. The number of methoxy groups -OCH3 is 1. The van der Waals surface area contributed by atoms with Gasteiger partial charge in [0.2, 0.25) is 0 Å². The van der Waals surface area contributed by atoms with Gasteiger partial charge in [0.05, 0.1) is 18.4 Å². The standard InChI is InChI=1S/C18H17ClN6O4S2/c1-28-16-14(25-6-11(23-24-25)17-22-13(19)8-30-17)15(27)12(7-26)29-18(16)31-10-2-9(3-20)4-21-5-10/h2,4-6,8,12,14-16,18,26-27H,7H2,1H3/t12?,14-,15-,16?,18+/m0/s1. The van der Waals surface area contributed by atoms with Crippen molar-refractivity contribution in [3.8, 4) is 16.8 Å². The van der Waals surface area contributed by atoms with Gasteiger partial charge >= 0.3 is 0 Å². The Morgan fingerprint density at radius 2 is 2.29 bits per heavy atom. The minimum absolute atomic E-state index is 0.362. The van der Waals surface area contributed by atoms with Crippen molar-refractivity contribution < 1.29 is 19.7 Å². The summed E-state index contributed by atoms with van der Waals surface area (Å²) >= 11 is 8.51. The van der Waals surface area contributed by atoms with E-state index in [1.807, 2.05) is 6.07 Å². The molecule has 2 N–H and O–H groups in total. The molecule has 1 saturated heterocycles. The maximum Gasteiger partial charge on any atom is 0.147 e. The van der Waals surface area contributed by atoms with Crippen LogP contribution in [0.15, 0.2) is 34.9 Å². The number of aliphatic hydroxyl groups is 2. The first-order valence-electron chi connectivity index (χ1n) is 9.06. The van der Waals surface area contributed by atoms with Gasteiger partial charge in [-0.15, -0.1) is 16.4 Å². The minimum atomic E-state index is -1.11. The number of thioether (sulfide) groups is 1. The lowest BCUT2D eigenvalue weighted by molar-refractivity contribution is -0.186. The predicted molar refractivity (Wildman–Crippen MR) is 113 cm³/mol. The molecule has 3 aromatic heterocycles. The van der Waals surface area contributed by atoms with Crippen LogP contribution in [0.3, 0.4) is 0 Å². The van der Waals surface area contributed by atoms with Gasteiger partial charge in [0.15, 0.2) is 0 Å². The second kappa shape index (κ2) is 9.58. The van der Waals surface area contributed by atoms with Crippen LogP contribution >= 0.6 is 34.7 Å². The Morgan fingerprint density at radius 3 is 2.97 bits per heavy atom. The number of aromatic nitrogens is 5. The van der Waals surface area contributed by atoms with E-state index < -0.39 is 36.4 Å². The number of nitrogens with zero attached hydrogens (tertiary/aromatic N) is 6. The van der Waals surface area contributed by atoms with Crippen LogP contribution in [0.1, 0.15) is 11.6 Å². The van der Waals surface area contributed by atoms with Gasteiger partial charge < -0.3 is 19.7 Å². The van der Waals surface area contributed by atoms with Crippen LogP contribution < -0.4 is 0 Å². The predicted octanol–water partition coefficient (Wildman–Crippen LogP) is 1.75. The van der Waals surface area contributed by atoms with Gasteiger partial charge in [-0.05, 0) is 6.07 Å². The molecule has 0 aromatic carbocycles. The van der Waals surface area contributed by atoms with Crippen molar-refractivity contribution >= 4 is 34.7 Å². The Labute approximate surface area is 190 Å². The van der Waals surface area contributed by atoms with E-state index in [4.69, 9.17) is 26.3 Å². The second-order valence-electron chi connectivity index (χ2n) is 6.61. The molecular formula is C18H17ClN6O4S2. The number of thiazole rings is 1. The van der Waals surface area contributed by atoms with Gasteiger partial charge in [0.1, 0.15) is 51.7 Å². The molecule has 1 fully saturated rings. The fourth-order valence-electron chi connectivity index (χ4n) is 3.28. The van der Waals surface area contributed by atoms with Gasteiger partial charge in [0.25, 0.3) is 0 Å². The molecule has 5 atom stereocenters. The Morgan fingerprint density at radius 1 is 1.45 bits per heavy atom. The maximum atomic E-state index is 10.9. The maximum absolute atomic E-state index is 10.9. The molecule has 4 rings (SSSR count). The molecule has 3 aromatic rings. The molecule has 0 radical (unpaired) electrons. The molecule has 1 aliphatic rings. The zero-order valence-electron chi connectivity index (χ0n) is 16.1. The summed E-state index contributed by atoms with van der Waals surface area (Å²) in [5.74, 6) is 0. The fraction of sp³-hybridized carbons (Fsp3) is 0.389. The molecule has 0 spiro atoms. The van der Waals surface area contributed by atoms with Gasteiger partial charge in [-0.2, -0.15) is 5.26 Å². The first kappa shape index (κ1) is 22.1. The number of halogens is 1. The number of rotatable bonds is 6. The van der Waals surface area contributed by atoms with E-state index in [-0.39, 0.29) is 0 Å². The number of hydrogen-bond donors (Lipinski definition) is 2. The van der Waals surface area contributed by atoms with Gasteiger partial charge in [-0.3, -0.25) is 4.98 Å². The average molecular weight is 481 g/mol. The second-order valence-corrected chi connectivity index (χ2v) is 9.02. The first-order chi connectivity index (χ1) is 15.0. The quantitative estimate of drug-likeness (QED) is 0.536. The van der Waals surface area contributed by atoms with E-state index in [2.05, 4.69) is 20.3 Å². The summed E-state index contributed by atoms with van der Waals surface area (Å²) in [6.07, 6.45) is 2.09. The highest BCUT2D eigenvalue weighted by Gasteiger charge is 2.47. The highest BCUT2D eigenvalue weighted by atomic mass is 35.5. The number of ether oxygens (including phenoxy) is 2. The van der Waals surface area contributed by atoms with Crippen LogP contribution in [0.5, 0.6) is 0 Å². The Hall–Kier alpha value is -2.11. The fourth-order valence-corrected chi connectivity index (χ4v) is 5.36. The highest BCUT2D eigenvalue weighted by molar-refractivity contribution is 7.99. The third-order valence-electron chi connectivity index (χ3n) is 4.70. The summed E-state index contributed by atoms with van der Waals surface area (Å²) in [6.45, 7) is -0.398. The summed E-state index contributed by atoms with van der Waals surface area (Å²) in [5, 5.41) is 40.7. The summed E-state index contributed by atoms with van der Waals surface area (Å²) < 4.78 is 13.1. The van der Waals surface area contributed by atoms with Crippen molar-refractivity contribution in [3.05, 3.63) is 40.8 Å². The Bertz CT molecular complexity index is 1090. The van der Waals surface area contributed by atoms with Gasteiger partial charge in [0, 0.05) is 29.8 Å². The number of hydrogen-bond acceptors (Lipinski definition) is 11. The molecule has 13 heteroatoms. The third kappa shape index (κ3) is 4.58. The lowest BCUT2D eigenvalue weighted by atomic mass is 9.97. The summed E-state index contributed by atoms with van der Waals surface area (Å²) in [6, 6.07) is 3.03. The Balaban J connectivity index is 1.65. The number of nitriles is 1. The van der Waals surface area contributed by atoms with Crippen LogP contribution in [-0.4, -0.2) is 72.6 Å². The molecule has 1 aliphatic heterocycles. The van der Waals surface area contributed by atoms with Crippen molar-refractivity contribution in [2.45, 2.75) is 34.7 Å². The molecule has 31 heavy (non-hydrogen) atoms. The van der Waals surface area contributed by atoms with Crippen molar-refractivity contribution in [1.29, 1.82) is 5.26 Å². The monoisotopic (exact) mass is 480 g/mol. The molecular weight excluding hydrogens is 464 g/mol. The normalized spacial score (nSPS) is 26.0. The van der Waals surface area contributed by atoms with E-state index >= 15 is 0 Å². The molecule has 2 unspecified atom stereocenters. The van der Waals surface area contributed by atoms with Crippen molar-refractivity contribution in [3.63, 3.8) is 0 Å². The van der Waals surface area contributed by atoms with Crippen molar-refractivity contribution in [2.24, 2.45) is 0 Å². The molecule has 0 aliphatic carbocycles. The molecule has 0 saturated carbocycles. The molecule has 0 amide bonds.